The molecule has 1 fully saturated rings. The lowest BCUT2D eigenvalue weighted by atomic mass is 10.1. The van der Waals surface area contributed by atoms with Crippen LogP contribution in [-0.4, -0.2) is 19.3 Å². The molecule has 2 atom stereocenters. The summed E-state index contributed by atoms with van der Waals surface area (Å²) in [6.45, 7) is 3.14. The van der Waals surface area contributed by atoms with Gasteiger partial charge in [-0.3, -0.25) is 0 Å². The normalized spacial score (nSPS) is 38.2. The molecule has 1 nitrogen and oxygen atoms in total. The average Bonchev–Trinajstić information content (AvgIpc) is 2.14. The average molecular weight is 118 g/mol. The van der Waals surface area contributed by atoms with Gasteiger partial charge in [0, 0.05) is 12.3 Å². The highest BCUT2D eigenvalue weighted by molar-refractivity contribution is 4.63. The molecule has 2 N–H and O–H groups in total. The predicted molar refractivity (Wildman–Crippen MR) is 30.3 cm³/mol. The van der Waals surface area contributed by atoms with Crippen LogP contribution in [-0.2, 0) is 0 Å². The highest BCUT2D eigenvalue weighted by Crippen LogP contribution is 2.05. The van der Waals surface area contributed by atoms with Gasteiger partial charge in [-0.05, 0) is 0 Å². The first-order chi connectivity index (χ1) is 3.83. The molecule has 2 heteroatoms. The number of quaternary nitrogens is 1. The Bertz CT molecular complexity index is 74.9. The molecule has 2 unspecified atom stereocenters. The summed E-state index contributed by atoms with van der Waals surface area (Å²) in [6.07, 6.45) is 1.07. The number of hydrogen-bond acceptors (Lipinski definition) is 0. The number of rotatable bonds is 1. The molecule has 1 rings (SSSR count). The second-order valence-corrected chi connectivity index (χ2v) is 2.73. The van der Waals surface area contributed by atoms with Crippen LogP contribution in [0.1, 0.15) is 13.3 Å². The Kier molecular flexibility index (Phi) is 1.84. The Morgan fingerprint density at radius 1 is 1.75 bits per heavy atom. The van der Waals surface area contributed by atoms with Crippen LogP contribution in [0.4, 0.5) is 4.39 Å². The summed E-state index contributed by atoms with van der Waals surface area (Å²) < 4.78 is 11.8. The van der Waals surface area contributed by atoms with Gasteiger partial charge in [0.05, 0.1) is 6.54 Å². The van der Waals surface area contributed by atoms with Crippen molar-refractivity contribution in [1.82, 2.24) is 0 Å². The molecule has 0 amide bonds. The Labute approximate surface area is 49.3 Å². The summed E-state index contributed by atoms with van der Waals surface area (Å²) in [4.78, 5) is 0. The minimum Gasteiger partial charge on any atom is -0.341 e. The molecule has 0 aromatic rings. The summed E-state index contributed by atoms with van der Waals surface area (Å²) in [5.74, 6) is 0.732. The molecule has 0 aromatic carbocycles. The van der Waals surface area contributed by atoms with E-state index in [1.54, 1.807) is 0 Å². The number of hydrogen-bond donors (Lipinski definition) is 1. The van der Waals surface area contributed by atoms with E-state index in [-0.39, 0.29) is 12.7 Å². The third-order valence-corrected chi connectivity index (χ3v) is 1.78. The van der Waals surface area contributed by atoms with Gasteiger partial charge in [0.1, 0.15) is 12.7 Å². The lowest BCUT2D eigenvalue weighted by Gasteiger charge is -1.96. The van der Waals surface area contributed by atoms with Gasteiger partial charge in [-0.25, -0.2) is 4.39 Å². The molecule has 0 bridgehead atoms. The maximum Gasteiger partial charge on any atom is 0.141 e. The van der Waals surface area contributed by atoms with Crippen LogP contribution in [0.15, 0.2) is 0 Å². The fourth-order valence-corrected chi connectivity index (χ4v) is 1.26. The zero-order valence-corrected chi connectivity index (χ0v) is 5.23. The summed E-state index contributed by atoms with van der Waals surface area (Å²) in [6, 6.07) is 0.282. The van der Waals surface area contributed by atoms with Crippen LogP contribution < -0.4 is 5.32 Å². The monoisotopic (exact) mass is 118 g/mol. The fourth-order valence-electron chi connectivity index (χ4n) is 1.26. The van der Waals surface area contributed by atoms with Crippen LogP contribution in [0.3, 0.4) is 0 Å². The first-order valence-electron chi connectivity index (χ1n) is 3.22. The van der Waals surface area contributed by atoms with Crippen LogP contribution >= 0.6 is 0 Å². The van der Waals surface area contributed by atoms with Crippen molar-refractivity contribution < 1.29 is 9.71 Å². The Hall–Kier alpha value is -0.110. The number of alkyl halides is 1. The summed E-state index contributed by atoms with van der Waals surface area (Å²) in [5.41, 5.74) is 0. The lowest BCUT2D eigenvalue weighted by Crippen LogP contribution is -2.87. The van der Waals surface area contributed by atoms with Gasteiger partial charge in [-0.2, -0.15) is 0 Å². The van der Waals surface area contributed by atoms with Crippen LogP contribution in [0.5, 0.6) is 0 Å². The Morgan fingerprint density at radius 2 is 2.50 bits per heavy atom. The first-order valence-corrected chi connectivity index (χ1v) is 3.22. The first kappa shape index (κ1) is 6.02. The van der Waals surface area contributed by atoms with E-state index in [1.165, 1.54) is 0 Å². The van der Waals surface area contributed by atoms with Gasteiger partial charge in [-0.15, -0.1) is 0 Å². The maximum atomic E-state index is 11.8. The third kappa shape index (κ3) is 1.19. The lowest BCUT2D eigenvalue weighted by molar-refractivity contribution is -0.671. The van der Waals surface area contributed by atoms with E-state index in [2.05, 4.69) is 12.2 Å². The van der Waals surface area contributed by atoms with Crippen molar-refractivity contribution in [3.8, 4) is 0 Å². The molecule has 0 spiro atoms. The molecule has 0 radical (unpaired) electrons. The second kappa shape index (κ2) is 2.44. The summed E-state index contributed by atoms with van der Waals surface area (Å²) in [7, 11) is 0. The van der Waals surface area contributed by atoms with Crippen LogP contribution in [0, 0.1) is 5.92 Å². The summed E-state index contributed by atoms with van der Waals surface area (Å²) in [5, 5.41) is 2.10. The quantitative estimate of drug-likeness (QED) is 0.496. The van der Waals surface area contributed by atoms with Gasteiger partial charge in [-0.1, -0.05) is 6.92 Å². The van der Waals surface area contributed by atoms with Crippen molar-refractivity contribution in [2.45, 2.75) is 19.4 Å². The standard InChI is InChI=1S/C6H12FN/c1-5-2-6(3-7)8-4-5/h5-6,8H,2-4H2,1H3/p+1. The highest BCUT2D eigenvalue weighted by atomic mass is 19.1. The molecule has 1 aliphatic rings. The topological polar surface area (TPSA) is 16.6 Å². The van der Waals surface area contributed by atoms with Crippen molar-refractivity contribution in [2.24, 2.45) is 5.92 Å². The van der Waals surface area contributed by atoms with E-state index in [9.17, 15) is 4.39 Å². The van der Waals surface area contributed by atoms with Crippen LogP contribution in [0.25, 0.3) is 0 Å². The van der Waals surface area contributed by atoms with Crippen LogP contribution in [0.2, 0.25) is 0 Å². The molecular weight excluding hydrogens is 105 g/mol. The molecule has 8 heavy (non-hydrogen) atoms. The SMILES string of the molecule is CC1C[NH2+]C(CF)C1. The van der Waals surface area contributed by atoms with Gasteiger partial charge in [0.2, 0.25) is 0 Å². The molecule has 0 saturated carbocycles. The van der Waals surface area contributed by atoms with E-state index in [0.29, 0.717) is 0 Å². The molecule has 48 valence electrons. The Morgan fingerprint density at radius 3 is 2.75 bits per heavy atom. The zero-order valence-electron chi connectivity index (χ0n) is 5.23. The van der Waals surface area contributed by atoms with E-state index in [4.69, 9.17) is 0 Å². The van der Waals surface area contributed by atoms with Gasteiger partial charge in [0.15, 0.2) is 0 Å². The smallest absolute Gasteiger partial charge is 0.141 e. The van der Waals surface area contributed by atoms with Crippen molar-refractivity contribution in [2.75, 3.05) is 13.2 Å². The molecule has 0 aromatic heterocycles. The zero-order chi connectivity index (χ0) is 5.98. The molecule has 1 saturated heterocycles. The minimum atomic E-state index is -0.148. The molecule has 1 aliphatic heterocycles. The van der Waals surface area contributed by atoms with Crippen molar-refractivity contribution in [3.05, 3.63) is 0 Å². The molecular formula is C6H13FN+. The van der Waals surface area contributed by atoms with E-state index < -0.39 is 0 Å². The van der Waals surface area contributed by atoms with Crippen molar-refractivity contribution in [1.29, 1.82) is 0 Å². The summed E-state index contributed by atoms with van der Waals surface area (Å²) >= 11 is 0. The van der Waals surface area contributed by atoms with Crippen molar-refractivity contribution in [3.63, 3.8) is 0 Å². The third-order valence-electron chi connectivity index (χ3n) is 1.78. The van der Waals surface area contributed by atoms with E-state index >= 15 is 0 Å². The van der Waals surface area contributed by atoms with Crippen molar-refractivity contribution >= 4 is 0 Å². The molecule has 0 aliphatic carbocycles. The molecule has 1 heterocycles. The fraction of sp³-hybridized carbons (Fsp3) is 1.00. The predicted octanol–water partition coefficient (Wildman–Crippen LogP) is -0.0723. The van der Waals surface area contributed by atoms with Gasteiger partial charge < -0.3 is 5.32 Å². The highest BCUT2D eigenvalue weighted by Gasteiger charge is 2.23. The largest absolute Gasteiger partial charge is 0.341 e. The van der Waals surface area contributed by atoms with Gasteiger partial charge in [0.25, 0.3) is 0 Å². The maximum absolute atomic E-state index is 11.8. The van der Waals surface area contributed by atoms with Gasteiger partial charge >= 0.3 is 0 Å². The second-order valence-electron chi connectivity index (χ2n) is 2.73. The van der Waals surface area contributed by atoms with E-state index in [0.717, 1.165) is 18.9 Å². The van der Waals surface area contributed by atoms with E-state index in [1.807, 2.05) is 0 Å². The Balaban J connectivity index is 2.22. The minimum absolute atomic E-state index is 0.148. The number of halogens is 1. The number of nitrogens with two attached hydrogens (primary N) is 1.